The molecule has 2 aliphatic rings. The summed E-state index contributed by atoms with van der Waals surface area (Å²) in [5, 5.41) is 21.3. The van der Waals surface area contributed by atoms with Crippen LogP contribution in [0.2, 0.25) is 0 Å². The fraction of sp³-hybridized carbons (Fsp3) is 0.276. The molecule has 1 N–H and O–H groups in total. The van der Waals surface area contributed by atoms with E-state index in [0.29, 0.717) is 26.4 Å². The van der Waals surface area contributed by atoms with Gasteiger partial charge in [-0.1, -0.05) is 6.92 Å². The first-order valence-corrected chi connectivity index (χ1v) is 14.0. The second kappa shape index (κ2) is 10.3. The minimum Gasteiger partial charge on any atom is -0.456 e. The molecular formula is C29H25N5O7S. The molecule has 2 aliphatic heterocycles. The van der Waals surface area contributed by atoms with E-state index >= 15 is 0 Å². The van der Waals surface area contributed by atoms with E-state index in [1.807, 2.05) is 13.8 Å². The predicted molar refractivity (Wildman–Crippen MR) is 150 cm³/mol. The number of benzene rings is 1. The second-order valence-corrected chi connectivity index (χ2v) is 11.5. The van der Waals surface area contributed by atoms with E-state index in [1.54, 1.807) is 29.7 Å². The van der Waals surface area contributed by atoms with Gasteiger partial charge in [-0.3, -0.25) is 29.1 Å². The lowest BCUT2D eigenvalue weighted by Crippen LogP contribution is -2.63. The van der Waals surface area contributed by atoms with E-state index in [2.05, 4.69) is 9.97 Å². The minimum atomic E-state index is -0.909. The number of aliphatic hydroxyl groups excluding tert-OH is 1. The molecule has 0 bridgehead atoms. The summed E-state index contributed by atoms with van der Waals surface area (Å²) < 4.78 is 7.30. The van der Waals surface area contributed by atoms with Gasteiger partial charge in [0.1, 0.15) is 29.2 Å². The summed E-state index contributed by atoms with van der Waals surface area (Å²) in [7, 11) is 0. The van der Waals surface area contributed by atoms with Crippen molar-refractivity contribution in [1.82, 2.24) is 19.3 Å². The predicted octanol–water partition coefficient (Wildman–Crippen LogP) is 3.55. The largest absolute Gasteiger partial charge is 0.456 e. The molecule has 4 aromatic rings. The number of nitro groups is 1. The molecule has 214 valence electrons. The number of pyridine rings is 1. The van der Waals surface area contributed by atoms with Crippen LogP contribution in [-0.2, 0) is 20.9 Å². The van der Waals surface area contributed by atoms with Gasteiger partial charge in [-0.05, 0) is 43.7 Å². The first kappa shape index (κ1) is 27.4. The average Bonchev–Trinajstić information content (AvgIpc) is 3.61. The van der Waals surface area contributed by atoms with Gasteiger partial charge in [0.15, 0.2) is 0 Å². The van der Waals surface area contributed by atoms with Gasteiger partial charge in [0.2, 0.25) is 11.7 Å². The van der Waals surface area contributed by atoms with Gasteiger partial charge in [0, 0.05) is 47.3 Å². The second-order valence-electron chi connectivity index (χ2n) is 10.4. The van der Waals surface area contributed by atoms with Crippen LogP contribution >= 0.6 is 11.3 Å². The van der Waals surface area contributed by atoms with Crippen molar-refractivity contribution in [3.05, 3.63) is 98.3 Å². The summed E-state index contributed by atoms with van der Waals surface area (Å²) in [6.07, 6.45) is 3.88. The van der Waals surface area contributed by atoms with E-state index in [-0.39, 0.29) is 41.3 Å². The number of fused-ring (bicyclic) bond motifs is 2. The zero-order valence-electron chi connectivity index (χ0n) is 22.8. The minimum absolute atomic E-state index is 0.0852. The van der Waals surface area contributed by atoms with Gasteiger partial charge in [-0.25, -0.2) is 9.78 Å². The molecule has 0 saturated carbocycles. The number of nitrogens with zero attached hydrogens (tertiary/aromatic N) is 5. The molecule has 5 heterocycles. The molecule has 42 heavy (non-hydrogen) atoms. The van der Waals surface area contributed by atoms with Crippen LogP contribution in [0, 0.1) is 28.9 Å². The van der Waals surface area contributed by atoms with Crippen molar-refractivity contribution < 1.29 is 29.2 Å². The molecule has 4 atom stereocenters. The highest BCUT2D eigenvalue weighted by Gasteiger charge is 2.60. The highest BCUT2D eigenvalue weighted by atomic mass is 32.1. The maximum absolute atomic E-state index is 13.6. The fourth-order valence-electron chi connectivity index (χ4n) is 5.63. The highest BCUT2D eigenvalue weighted by Crippen LogP contribution is 2.52. The van der Waals surface area contributed by atoms with Crippen LogP contribution in [0.15, 0.2) is 60.8 Å². The Morgan fingerprint density at radius 3 is 2.57 bits per heavy atom. The molecule has 0 unspecified atom stereocenters. The molecular weight excluding hydrogens is 562 g/mol. The fourth-order valence-corrected chi connectivity index (χ4v) is 6.85. The molecule has 6 rings (SSSR count). The Bertz CT molecular complexity index is 1790. The average molecular weight is 588 g/mol. The Labute approximate surface area is 243 Å². The molecule has 13 heteroatoms. The summed E-state index contributed by atoms with van der Waals surface area (Å²) in [5.74, 6) is -2.38. The summed E-state index contributed by atoms with van der Waals surface area (Å²) in [6.45, 7) is 5.11. The third-order valence-electron chi connectivity index (χ3n) is 7.75. The number of aromatic nitrogens is 3. The Balaban J connectivity index is 1.36. The molecule has 1 amide bonds. The molecule has 12 nitrogen and oxygen atoms in total. The number of carbonyl (C=O) groups excluding carboxylic acids is 3. The van der Waals surface area contributed by atoms with E-state index in [4.69, 9.17) is 4.74 Å². The van der Waals surface area contributed by atoms with Crippen LogP contribution in [0.1, 0.15) is 46.0 Å². The first-order chi connectivity index (χ1) is 20.1. The third-order valence-corrected chi connectivity index (χ3v) is 8.89. The number of nitro benzene ring substituents is 1. The smallest absolute Gasteiger partial charge is 0.355 e. The van der Waals surface area contributed by atoms with E-state index in [9.17, 15) is 29.6 Å². The number of ketones is 1. The van der Waals surface area contributed by atoms with Crippen molar-refractivity contribution >= 4 is 45.1 Å². The molecule has 1 aromatic carbocycles. The van der Waals surface area contributed by atoms with E-state index in [0.717, 1.165) is 5.69 Å². The lowest BCUT2D eigenvalue weighted by atomic mass is 9.77. The first-order valence-electron chi connectivity index (χ1n) is 13.2. The summed E-state index contributed by atoms with van der Waals surface area (Å²) in [5.41, 5.74) is 2.54. The van der Waals surface area contributed by atoms with Crippen molar-refractivity contribution in [2.45, 2.75) is 39.5 Å². The normalized spacial score (nSPS) is 20.4. The number of amides is 1. The number of rotatable bonds is 8. The molecule has 1 fully saturated rings. The number of hydrogen-bond acceptors (Lipinski definition) is 10. The van der Waals surface area contributed by atoms with Crippen molar-refractivity contribution in [1.29, 1.82) is 0 Å². The topological polar surface area (TPSA) is 157 Å². The van der Waals surface area contributed by atoms with E-state index < -0.39 is 29.0 Å². The van der Waals surface area contributed by atoms with Crippen LogP contribution in [-0.4, -0.2) is 59.1 Å². The quantitative estimate of drug-likeness (QED) is 0.107. The number of non-ortho nitro benzene ring substituents is 1. The Hall–Kier alpha value is -4.75. The highest BCUT2D eigenvalue weighted by molar-refractivity contribution is 7.18. The standard InChI is InChI=1S/C29H25N5O7S/c1-14-4-7-18(10-30-14)26(36)23-28-32(13-31-23)11-20(42-28)21-15(2)24-22(16(3)35)27(37)33(24)25(21)29(38)41-12-17-5-8-19(9-6-17)34(39)40/h4-11,13,15-16,22,24,35H,12H2,1-3H3/t15-,16+,22+,24+/m0/s1. The van der Waals surface area contributed by atoms with Crippen molar-refractivity contribution in [3.63, 3.8) is 0 Å². The van der Waals surface area contributed by atoms with Gasteiger partial charge in [-0.2, -0.15) is 0 Å². The Kier molecular flexibility index (Phi) is 6.70. The lowest BCUT2D eigenvalue weighted by molar-refractivity contribution is -0.384. The Morgan fingerprint density at radius 1 is 1.19 bits per heavy atom. The molecule has 1 saturated heterocycles. The number of aliphatic hydroxyl groups is 1. The van der Waals surface area contributed by atoms with Crippen LogP contribution in [0.3, 0.4) is 0 Å². The maximum Gasteiger partial charge on any atom is 0.355 e. The number of thiazole rings is 1. The number of carbonyl (C=O) groups is 3. The van der Waals surface area contributed by atoms with Crippen molar-refractivity contribution in [2.75, 3.05) is 0 Å². The number of esters is 1. The lowest BCUT2D eigenvalue weighted by Gasteiger charge is -2.46. The maximum atomic E-state index is 13.6. The van der Waals surface area contributed by atoms with Gasteiger partial charge in [-0.15, -0.1) is 11.3 Å². The van der Waals surface area contributed by atoms with Crippen LogP contribution in [0.25, 0.3) is 10.4 Å². The summed E-state index contributed by atoms with van der Waals surface area (Å²) >= 11 is 1.27. The zero-order chi connectivity index (χ0) is 29.9. The zero-order valence-corrected chi connectivity index (χ0v) is 23.6. The third kappa shape index (κ3) is 4.37. The Morgan fingerprint density at radius 2 is 1.93 bits per heavy atom. The van der Waals surface area contributed by atoms with E-state index in [1.165, 1.54) is 53.0 Å². The van der Waals surface area contributed by atoms with Crippen LogP contribution in [0.5, 0.6) is 0 Å². The van der Waals surface area contributed by atoms with Gasteiger partial charge in [0.05, 0.1) is 27.9 Å². The summed E-state index contributed by atoms with van der Waals surface area (Å²) in [6, 6.07) is 8.64. The molecule has 0 aliphatic carbocycles. The number of hydrogen-bond donors (Lipinski definition) is 1. The van der Waals surface area contributed by atoms with Crippen molar-refractivity contribution in [2.24, 2.45) is 11.8 Å². The van der Waals surface area contributed by atoms with Gasteiger partial charge >= 0.3 is 5.97 Å². The van der Waals surface area contributed by atoms with Gasteiger partial charge in [0.25, 0.3) is 5.69 Å². The van der Waals surface area contributed by atoms with Crippen LogP contribution < -0.4 is 0 Å². The number of imidazole rings is 1. The molecule has 0 spiro atoms. The molecule has 0 radical (unpaired) electrons. The monoisotopic (exact) mass is 587 g/mol. The molecule has 3 aromatic heterocycles. The SMILES string of the molecule is Cc1ccc(C(=O)c2ncn3cc(C4=C(C(=O)OCc5ccc([N+](=O)[O-])cc5)N5C(=O)[C@H]([C@@H](C)O)[C@H]5[C@H]4C)sc23)cn1. The van der Waals surface area contributed by atoms with Crippen molar-refractivity contribution in [3.8, 4) is 0 Å². The number of ether oxygens (including phenoxy) is 1. The summed E-state index contributed by atoms with van der Waals surface area (Å²) in [4.78, 5) is 61.5. The van der Waals surface area contributed by atoms with Gasteiger partial charge < -0.3 is 14.7 Å². The van der Waals surface area contributed by atoms with Crippen LogP contribution in [0.4, 0.5) is 5.69 Å². The number of aryl methyl sites for hydroxylation is 1. The number of β-lactam (4-membered cyclic amide) rings is 1.